The molecule has 2 saturated heterocycles. The number of carboxylic acid groups (broad SMARTS) is 1. The minimum Gasteiger partial charge on any atom is -0.475 e. The van der Waals surface area contributed by atoms with Crippen LogP contribution in [-0.4, -0.2) is 80.6 Å². The molecule has 0 amide bonds. The highest BCUT2D eigenvalue weighted by Gasteiger charge is 2.38. The van der Waals surface area contributed by atoms with Crippen LogP contribution < -0.4 is 14.9 Å². The summed E-state index contributed by atoms with van der Waals surface area (Å²) in [6.45, 7) is 6.18. The SMILES string of the molecule is CCCS(=O)(=O)Nc1cccc(-c2cn(C3CCNCC3)nc2N2CCOCC2)c1F.O=C(O)C(F)(F)F. The Morgan fingerprint density at radius 3 is 2.42 bits per heavy atom. The molecule has 0 saturated carbocycles. The molecule has 3 N–H and O–H groups in total. The molecule has 2 fully saturated rings. The molecule has 10 nitrogen and oxygen atoms in total. The molecule has 38 heavy (non-hydrogen) atoms. The monoisotopic (exact) mass is 565 g/mol. The van der Waals surface area contributed by atoms with E-state index in [9.17, 15) is 21.6 Å². The van der Waals surface area contributed by atoms with Crippen molar-refractivity contribution in [3.63, 3.8) is 0 Å². The van der Waals surface area contributed by atoms with E-state index < -0.39 is 28.0 Å². The van der Waals surface area contributed by atoms with Crippen molar-refractivity contribution in [2.45, 2.75) is 38.4 Å². The Kier molecular flexibility index (Phi) is 9.95. The van der Waals surface area contributed by atoms with E-state index in [-0.39, 0.29) is 17.5 Å². The fraction of sp³-hybridized carbons (Fsp3) is 0.565. The summed E-state index contributed by atoms with van der Waals surface area (Å²) < 4.78 is 81.5. The van der Waals surface area contributed by atoms with Gasteiger partial charge < -0.3 is 20.1 Å². The van der Waals surface area contributed by atoms with Crippen molar-refractivity contribution < 1.29 is 40.6 Å². The number of piperidine rings is 1. The Balaban J connectivity index is 0.000000505. The zero-order chi connectivity index (χ0) is 27.9. The standard InChI is InChI=1S/C21H30FN5O3S.C2HF3O2/c1-2-14-31(28,29)25-19-5-3-4-17(20(19)22)18-15-27(16-6-8-23-9-7-16)24-21(18)26-10-12-30-13-11-26;3-2(4,5)1(6)7/h3-5,15-16,23,25H,2,6-14H2,1H3;(H,6,7). The molecule has 0 unspecified atom stereocenters. The second-order valence-corrected chi connectivity index (χ2v) is 10.7. The summed E-state index contributed by atoms with van der Waals surface area (Å²) in [5, 5.41) is 15.3. The van der Waals surface area contributed by atoms with Gasteiger partial charge in [0.05, 0.1) is 30.7 Å². The first-order valence-corrected chi connectivity index (χ1v) is 13.8. The van der Waals surface area contributed by atoms with Gasteiger partial charge >= 0.3 is 12.1 Å². The first-order valence-electron chi connectivity index (χ1n) is 12.1. The molecule has 212 valence electrons. The summed E-state index contributed by atoms with van der Waals surface area (Å²) in [7, 11) is -3.59. The van der Waals surface area contributed by atoms with E-state index in [0.717, 1.165) is 25.9 Å². The maximum absolute atomic E-state index is 15.5. The van der Waals surface area contributed by atoms with Crippen molar-refractivity contribution in [3.8, 4) is 11.1 Å². The van der Waals surface area contributed by atoms with Gasteiger partial charge in [-0.1, -0.05) is 19.1 Å². The van der Waals surface area contributed by atoms with Crippen molar-refractivity contribution in [2.75, 3.05) is 54.8 Å². The number of sulfonamides is 1. The van der Waals surface area contributed by atoms with E-state index in [0.29, 0.717) is 49.7 Å². The van der Waals surface area contributed by atoms with Gasteiger partial charge in [-0.05, 0) is 38.4 Å². The predicted octanol–water partition coefficient (Wildman–Crippen LogP) is 3.24. The fourth-order valence-electron chi connectivity index (χ4n) is 4.15. The van der Waals surface area contributed by atoms with Crippen LogP contribution in [0, 0.1) is 5.82 Å². The molecule has 0 bridgehead atoms. The Bertz CT molecular complexity index is 1190. The number of nitrogens with zero attached hydrogens (tertiary/aromatic N) is 3. The van der Waals surface area contributed by atoms with Crippen LogP contribution in [0.15, 0.2) is 24.4 Å². The first kappa shape index (κ1) is 29.6. The topological polar surface area (TPSA) is 126 Å². The molecule has 0 atom stereocenters. The highest BCUT2D eigenvalue weighted by molar-refractivity contribution is 7.92. The highest BCUT2D eigenvalue weighted by atomic mass is 32.2. The molecule has 1 aromatic heterocycles. The fourth-order valence-corrected chi connectivity index (χ4v) is 5.28. The number of carbonyl (C=O) groups is 1. The lowest BCUT2D eigenvalue weighted by molar-refractivity contribution is -0.192. The number of anilines is 2. The summed E-state index contributed by atoms with van der Waals surface area (Å²) in [5.74, 6) is -2.67. The maximum atomic E-state index is 15.5. The molecule has 3 heterocycles. The second kappa shape index (κ2) is 12.8. The summed E-state index contributed by atoms with van der Waals surface area (Å²) in [4.78, 5) is 11.0. The number of aliphatic carboxylic acids is 1. The van der Waals surface area contributed by atoms with Gasteiger partial charge in [0.25, 0.3) is 0 Å². The molecular weight excluding hydrogens is 534 g/mol. The van der Waals surface area contributed by atoms with E-state index in [2.05, 4.69) is 14.9 Å². The number of carboxylic acids is 1. The van der Waals surface area contributed by atoms with Crippen LogP contribution in [0.25, 0.3) is 11.1 Å². The van der Waals surface area contributed by atoms with Crippen molar-refractivity contribution in [2.24, 2.45) is 0 Å². The quantitative estimate of drug-likeness (QED) is 0.437. The lowest BCUT2D eigenvalue weighted by atomic mass is 10.1. The third kappa shape index (κ3) is 7.80. The summed E-state index contributed by atoms with van der Waals surface area (Å²) >= 11 is 0. The van der Waals surface area contributed by atoms with Crippen LogP contribution in [0.2, 0.25) is 0 Å². The lowest BCUT2D eigenvalue weighted by Crippen LogP contribution is -2.37. The van der Waals surface area contributed by atoms with E-state index in [1.807, 2.05) is 10.9 Å². The van der Waals surface area contributed by atoms with Crippen molar-refractivity contribution in [3.05, 3.63) is 30.2 Å². The molecule has 2 aromatic rings. The van der Waals surface area contributed by atoms with Gasteiger partial charge in [0.2, 0.25) is 10.0 Å². The Labute approximate surface area is 218 Å². The summed E-state index contributed by atoms with van der Waals surface area (Å²) in [6, 6.07) is 5.06. The number of rotatable bonds is 7. The number of halogens is 4. The number of hydrogen-bond donors (Lipinski definition) is 3. The van der Waals surface area contributed by atoms with Crippen molar-refractivity contribution in [1.29, 1.82) is 0 Å². The largest absolute Gasteiger partial charge is 0.490 e. The van der Waals surface area contributed by atoms with Gasteiger partial charge in [0, 0.05) is 30.4 Å². The lowest BCUT2D eigenvalue weighted by Gasteiger charge is -2.28. The minimum absolute atomic E-state index is 0.0338. The normalized spacial score (nSPS) is 17.0. The Morgan fingerprint density at radius 2 is 1.84 bits per heavy atom. The van der Waals surface area contributed by atoms with Crippen LogP contribution in [-0.2, 0) is 19.6 Å². The average molecular weight is 566 g/mol. The molecular formula is C23H31F4N5O5S. The third-order valence-corrected chi connectivity index (χ3v) is 7.45. The number of morpholine rings is 1. The van der Waals surface area contributed by atoms with Gasteiger partial charge in [-0.25, -0.2) is 17.6 Å². The predicted molar refractivity (Wildman–Crippen MR) is 133 cm³/mol. The van der Waals surface area contributed by atoms with Gasteiger partial charge in [-0.2, -0.15) is 18.3 Å². The number of ether oxygens (including phenoxy) is 1. The number of aromatic nitrogens is 2. The van der Waals surface area contributed by atoms with Crippen LogP contribution in [0.4, 0.5) is 29.1 Å². The highest BCUT2D eigenvalue weighted by Crippen LogP contribution is 2.36. The van der Waals surface area contributed by atoms with Gasteiger partial charge in [-0.3, -0.25) is 9.40 Å². The van der Waals surface area contributed by atoms with Crippen LogP contribution in [0.1, 0.15) is 32.2 Å². The van der Waals surface area contributed by atoms with Crippen molar-refractivity contribution in [1.82, 2.24) is 15.1 Å². The molecule has 0 spiro atoms. The molecule has 0 radical (unpaired) electrons. The van der Waals surface area contributed by atoms with Gasteiger partial charge in [0.15, 0.2) is 11.6 Å². The third-order valence-electron chi connectivity index (χ3n) is 5.98. The molecule has 0 aliphatic carbocycles. The Morgan fingerprint density at radius 1 is 1.21 bits per heavy atom. The number of hydrogen-bond acceptors (Lipinski definition) is 7. The van der Waals surface area contributed by atoms with Gasteiger partial charge in [-0.15, -0.1) is 0 Å². The zero-order valence-electron chi connectivity index (χ0n) is 20.8. The second-order valence-electron chi connectivity index (χ2n) is 8.82. The molecule has 1 aromatic carbocycles. The average Bonchev–Trinajstić information content (AvgIpc) is 3.31. The first-order chi connectivity index (χ1) is 17.9. The Hall–Kier alpha value is -2.91. The molecule has 15 heteroatoms. The minimum atomic E-state index is -5.08. The van der Waals surface area contributed by atoms with Crippen LogP contribution in [0.5, 0.6) is 0 Å². The number of nitrogens with one attached hydrogen (secondary N) is 2. The van der Waals surface area contributed by atoms with E-state index in [1.165, 1.54) is 6.07 Å². The summed E-state index contributed by atoms with van der Waals surface area (Å²) in [5.41, 5.74) is 0.987. The number of alkyl halides is 3. The van der Waals surface area contributed by atoms with Crippen LogP contribution in [0.3, 0.4) is 0 Å². The van der Waals surface area contributed by atoms with E-state index in [4.69, 9.17) is 19.7 Å². The van der Waals surface area contributed by atoms with Gasteiger partial charge in [0.1, 0.15) is 0 Å². The van der Waals surface area contributed by atoms with Crippen LogP contribution >= 0.6 is 0 Å². The zero-order valence-corrected chi connectivity index (χ0v) is 21.6. The molecule has 2 aliphatic heterocycles. The number of benzene rings is 1. The van der Waals surface area contributed by atoms with E-state index in [1.54, 1.807) is 19.1 Å². The van der Waals surface area contributed by atoms with Crippen molar-refractivity contribution >= 4 is 27.5 Å². The molecule has 4 rings (SSSR count). The summed E-state index contributed by atoms with van der Waals surface area (Å²) in [6.07, 6.45) is -0.795. The smallest absolute Gasteiger partial charge is 0.475 e. The molecule has 2 aliphatic rings. The van der Waals surface area contributed by atoms with E-state index >= 15 is 4.39 Å². The maximum Gasteiger partial charge on any atom is 0.490 e.